The lowest BCUT2D eigenvalue weighted by Crippen LogP contribution is -2.48. The summed E-state index contributed by atoms with van der Waals surface area (Å²) in [6.45, 7) is 2.15. The van der Waals surface area contributed by atoms with Gasteiger partial charge < -0.3 is 4.90 Å². The van der Waals surface area contributed by atoms with Crippen molar-refractivity contribution in [2.75, 3.05) is 0 Å². The summed E-state index contributed by atoms with van der Waals surface area (Å²) in [5.41, 5.74) is 3.43. The van der Waals surface area contributed by atoms with E-state index in [-0.39, 0.29) is 0 Å². The molecule has 2 aliphatic carbocycles. The number of aryl methyl sites for hydroxylation is 1. The normalized spacial score (nSPS) is 24.5. The van der Waals surface area contributed by atoms with Gasteiger partial charge in [0.1, 0.15) is 5.84 Å². The van der Waals surface area contributed by atoms with Gasteiger partial charge in [-0.1, -0.05) is 32.6 Å². The third-order valence-corrected chi connectivity index (χ3v) is 6.67. The second-order valence-electron chi connectivity index (χ2n) is 8.08. The first-order valence-corrected chi connectivity index (χ1v) is 10.2. The first kappa shape index (κ1) is 16.6. The Hall–Kier alpha value is -1.82. The zero-order chi connectivity index (χ0) is 17.3. The average Bonchev–Trinajstić information content (AvgIpc) is 3.38. The number of aliphatic imine (C=N–C) groups is 1. The van der Waals surface area contributed by atoms with Crippen molar-refractivity contribution in [3.05, 3.63) is 29.3 Å². The van der Waals surface area contributed by atoms with Crippen molar-refractivity contribution >= 4 is 11.5 Å². The van der Waals surface area contributed by atoms with Crippen LogP contribution in [0.4, 0.5) is 5.69 Å². The summed E-state index contributed by atoms with van der Waals surface area (Å²) in [6.07, 6.45) is 14.3. The molecule has 4 rings (SSSR count). The van der Waals surface area contributed by atoms with Crippen LogP contribution in [0.1, 0.15) is 82.3 Å². The van der Waals surface area contributed by atoms with Gasteiger partial charge in [-0.05, 0) is 62.3 Å². The Bertz CT molecular complexity index is 700. The van der Waals surface area contributed by atoms with Crippen molar-refractivity contribution in [1.29, 1.82) is 5.26 Å². The number of hydrogen-bond acceptors (Lipinski definition) is 2. The molecule has 3 aliphatic rings. The fourth-order valence-corrected chi connectivity index (χ4v) is 5.44. The van der Waals surface area contributed by atoms with E-state index in [2.05, 4.69) is 24.0 Å². The average molecular weight is 335 g/mol. The second-order valence-corrected chi connectivity index (χ2v) is 8.08. The predicted molar refractivity (Wildman–Crippen MR) is 102 cm³/mol. The minimum Gasteiger partial charge on any atom is -0.351 e. The summed E-state index contributed by atoms with van der Waals surface area (Å²) in [4.78, 5) is 7.96. The fraction of sp³-hybridized carbons (Fsp3) is 0.636. The van der Waals surface area contributed by atoms with Crippen molar-refractivity contribution < 1.29 is 0 Å². The lowest BCUT2D eigenvalue weighted by Gasteiger charge is -2.41. The van der Waals surface area contributed by atoms with Crippen molar-refractivity contribution in [3.63, 3.8) is 0 Å². The van der Waals surface area contributed by atoms with E-state index in [0.717, 1.165) is 24.1 Å². The highest BCUT2D eigenvalue weighted by Gasteiger charge is 2.48. The Morgan fingerprint density at radius 1 is 1.16 bits per heavy atom. The predicted octanol–water partition coefficient (Wildman–Crippen LogP) is 5.50. The molecule has 1 saturated heterocycles. The maximum absolute atomic E-state index is 9.16. The molecule has 1 spiro atoms. The number of benzene rings is 1. The molecule has 1 heterocycles. The molecular weight excluding hydrogens is 306 g/mol. The zero-order valence-corrected chi connectivity index (χ0v) is 15.4. The Labute approximate surface area is 151 Å². The second kappa shape index (κ2) is 6.83. The molecule has 0 N–H and O–H groups in total. The van der Waals surface area contributed by atoms with Crippen LogP contribution in [-0.4, -0.2) is 22.3 Å². The molecule has 1 aliphatic heterocycles. The summed E-state index contributed by atoms with van der Waals surface area (Å²) in [5.74, 6) is 1.33. The third kappa shape index (κ3) is 2.97. The molecular formula is C22H29N3. The molecule has 2 saturated carbocycles. The number of amidine groups is 1. The van der Waals surface area contributed by atoms with Gasteiger partial charge in [-0.15, -0.1) is 0 Å². The molecule has 1 aromatic rings. The van der Waals surface area contributed by atoms with Crippen LogP contribution in [0, 0.1) is 11.3 Å². The number of likely N-dealkylation sites (tertiary alicyclic amines) is 1. The molecule has 3 heteroatoms. The molecule has 132 valence electrons. The maximum Gasteiger partial charge on any atom is 0.106 e. The Kier molecular flexibility index (Phi) is 4.54. The first-order valence-electron chi connectivity index (χ1n) is 10.2. The molecule has 0 bridgehead atoms. The summed E-state index contributed by atoms with van der Waals surface area (Å²) in [7, 11) is 0. The van der Waals surface area contributed by atoms with E-state index in [1.807, 2.05) is 12.1 Å². The molecule has 0 unspecified atom stereocenters. The minimum atomic E-state index is 0.410. The fourth-order valence-electron chi connectivity index (χ4n) is 5.44. The van der Waals surface area contributed by atoms with Gasteiger partial charge in [-0.2, -0.15) is 5.26 Å². The van der Waals surface area contributed by atoms with Crippen molar-refractivity contribution in [2.24, 2.45) is 4.99 Å². The maximum atomic E-state index is 9.16. The summed E-state index contributed by atoms with van der Waals surface area (Å²) in [5, 5.41) is 9.16. The van der Waals surface area contributed by atoms with Crippen LogP contribution in [0.2, 0.25) is 0 Å². The minimum absolute atomic E-state index is 0.410. The van der Waals surface area contributed by atoms with Gasteiger partial charge in [0.05, 0.1) is 17.3 Å². The Morgan fingerprint density at radius 2 is 1.92 bits per heavy atom. The van der Waals surface area contributed by atoms with E-state index in [0.29, 0.717) is 11.6 Å². The molecule has 1 aromatic carbocycles. The van der Waals surface area contributed by atoms with E-state index < -0.39 is 0 Å². The lowest BCUT2D eigenvalue weighted by molar-refractivity contribution is 0.148. The quantitative estimate of drug-likeness (QED) is 0.731. The van der Waals surface area contributed by atoms with Gasteiger partial charge in [-0.3, -0.25) is 0 Å². The SMILES string of the molecule is CCc1cc(C#N)ccc1/N=C1/CCC2(CCCC2)N1C1CCCC1. The van der Waals surface area contributed by atoms with Gasteiger partial charge in [0.25, 0.3) is 0 Å². The number of nitriles is 1. The van der Waals surface area contributed by atoms with Crippen molar-refractivity contribution in [1.82, 2.24) is 4.90 Å². The van der Waals surface area contributed by atoms with Crippen LogP contribution >= 0.6 is 0 Å². The van der Waals surface area contributed by atoms with Crippen molar-refractivity contribution in [2.45, 2.75) is 89.1 Å². The molecule has 3 nitrogen and oxygen atoms in total. The molecule has 0 aromatic heterocycles. The van der Waals surface area contributed by atoms with Crippen LogP contribution in [0.3, 0.4) is 0 Å². The molecule has 0 atom stereocenters. The van der Waals surface area contributed by atoms with Gasteiger partial charge in [-0.25, -0.2) is 4.99 Å². The number of hydrogen-bond donors (Lipinski definition) is 0. The summed E-state index contributed by atoms with van der Waals surface area (Å²) in [6, 6.07) is 8.95. The Morgan fingerprint density at radius 3 is 2.60 bits per heavy atom. The van der Waals surface area contributed by atoms with Crippen LogP contribution in [-0.2, 0) is 6.42 Å². The monoisotopic (exact) mass is 335 g/mol. The molecule has 0 radical (unpaired) electrons. The van der Waals surface area contributed by atoms with Crippen molar-refractivity contribution in [3.8, 4) is 6.07 Å². The van der Waals surface area contributed by atoms with Gasteiger partial charge >= 0.3 is 0 Å². The largest absolute Gasteiger partial charge is 0.351 e. The molecule has 3 fully saturated rings. The third-order valence-electron chi connectivity index (χ3n) is 6.67. The van der Waals surface area contributed by atoms with E-state index in [9.17, 15) is 0 Å². The van der Waals surface area contributed by atoms with Crippen LogP contribution in [0.25, 0.3) is 0 Å². The molecule has 0 amide bonds. The smallest absolute Gasteiger partial charge is 0.106 e. The van der Waals surface area contributed by atoms with Crippen LogP contribution < -0.4 is 0 Å². The van der Waals surface area contributed by atoms with Crippen LogP contribution in [0.5, 0.6) is 0 Å². The van der Waals surface area contributed by atoms with E-state index in [1.54, 1.807) is 0 Å². The first-order chi connectivity index (χ1) is 12.3. The van der Waals surface area contributed by atoms with Crippen LogP contribution in [0.15, 0.2) is 23.2 Å². The van der Waals surface area contributed by atoms with E-state index in [1.165, 1.54) is 69.2 Å². The van der Waals surface area contributed by atoms with Gasteiger partial charge in [0.2, 0.25) is 0 Å². The van der Waals surface area contributed by atoms with Gasteiger partial charge in [0, 0.05) is 18.0 Å². The number of nitrogens with zero attached hydrogens (tertiary/aromatic N) is 3. The highest BCUT2D eigenvalue weighted by Crippen LogP contribution is 2.47. The molecule has 25 heavy (non-hydrogen) atoms. The summed E-state index contributed by atoms with van der Waals surface area (Å²) >= 11 is 0. The standard InChI is InChI=1S/C22H29N3/c1-2-18-15-17(16-23)9-10-20(18)24-21-11-14-22(12-5-6-13-22)25(21)19-7-3-4-8-19/h9-10,15,19H,2-8,11-14H2,1H3/b24-21-. The number of rotatable bonds is 3. The highest BCUT2D eigenvalue weighted by molar-refractivity contribution is 5.88. The van der Waals surface area contributed by atoms with Gasteiger partial charge in [0.15, 0.2) is 0 Å². The topological polar surface area (TPSA) is 39.4 Å². The van der Waals surface area contributed by atoms with E-state index >= 15 is 0 Å². The van der Waals surface area contributed by atoms with E-state index in [4.69, 9.17) is 10.3 Å². The summed E-state index contributed by atoms with van der Waals surface area (Å²) < 4.78 is 0. The highest BCUT2D eigenvalue weighted by atomic mass is 15.3. The Balaban J connectivity index is 1.71. The zero-order valence-electron chi connectivity index (χ0n) is 15.4. The lowest BCUT2D eigenvalue weighted by atomic mass is 9.93.